The number of methoxy groups -OCH3 is 2. The molecule has 2 aromatic carbocycles. The second kappa shape index (κ2) is 9.22. The van der Waals surface area contributed by atoms with Crippen LogP contribution in [0.4, 0.5) is 5.82 Å². The summed E-state index contributed by atoms with van der Waals surface area (Å²) in [6, 6.07) is 11.5. The lowest BCUT2D eigenvalue weighted by atomic mass is 9.87. The molecule has 1 aromatic heterocycles. The van der Waals surface area contributed by atoms with E-state index in [1.165, 1.54) is 14.2 Å². The maximum Gasteiger partial charge on any atom is 0.263 e. The largest absolute Gasteiger partial charge is 0.493 e. The van der Waals surface area contributed by atoms with Crippen molar-refractivity contribution in [3.05, 3.63) is 59.5 Å². The molecule has 170 valence electrons. The normalized spacial score (nSPS) is 11.7. The van der Waals surface area contributed by atoms with Gasteiger partial charge in [0.25, 0.3) is 10.0 Å². The van der Waals surface area contributed by atoms with Crippen molar-refractivity contribution in [1.29, 1.82) is 0 Å². The fourth-order valence-corrected chi connectivity index (χ4v) is 4.02. The van der Waals surface area contributed by atoms with Gasteiger partial charge in [-0.2, -0.15) is 0 Å². The molecule has 1 heterocycles. The quantitative estimate of drug-likeness (QED) is 0.476. The lowest BCUT2D eigenvalue weighted by molar-refractivity contribution is 0.352. The summed E-state index contributed by atoms with van der Waals surface area (Å²) in [6.45, 7) is 6.15. The third-order valence-electron chi connectivity index (χ3n) is 4.60. The average molecular weight is 478 g/mol. The number of nitrogens with one attached hydrogen (secondary N) is 1. The molecule has 32 heavy (non-hydrogen) atoms. The molecule has 3 aromatic rings. The SMILES string of the molecule is COc1ccc(Oc2c(Cl)ncnc2NS(=O)(=O)c2ccc(C(C)(C)C)cc2)cc1OC. The Morgan fingerprint density at radius 2 is 1.59 bits per heavy atom. The fraction of sp³-hybridized carbons (Fsp3) is 0.273. The molecule has 0 fully saturated rings. The highest BCUT2D eigenvalue weighted by molar-refractivity contribution is 7.92. The standard InChI is InChI=1S/C22H24ClN3O5S/c1-22(2,3)14-6-9-16(10-7-14)32(27,28)26-21-19(20(23)24-13-25-21)31-15-8-11-17(29-4)18(12-15)30-5/h6-13H,1-5H3,(H,24,25,26). The van der Waals surface area contributed by atoms with Crippen molar-refractivity contribution in [2.75, 3.05) is 18.9 Å². The monoisotopic (exact) mass is 477 g/mol. The molecule has 0 unspecified atom stereocenters. The Bertz CT molecular complexity index is 1210. The first-order chi connectivity index (χ1) is 15.0. The summed E-state index contributed by atoms with van der Waals surface area (Å²) in [5, 5.41) is -0.0597. The van der Waals surface area contributed by atoms with Gasteiger partial charge in [-0.3, -0.25) is 4.72 Å². The number of rotatable bonds is 7. The van der Waals surface area contributed by atoms with Crippen molar-refractivity contribution in [3.63, 3.8) is 0 Å². The second-order valence-electron chi connectivity index (χ2n) is 7.84. The molecule has 0 bridgehead atoms. The second-order valence-corrected chi connectivity index (χ2v) is 9.88. The summed E-state index contributed by atoms with van der Waals surface area (Å²) in [4.78, 5) is 7.99. The van der Waals surface area contributed by atoms with Crippen LogP contribution in [0.25, 0.3) is 0 Å². The van der Waals surface area contributed by atoms with Gasteiger partial charge in [-0.15, -0.1) is 0 Å². The molecular formula is C22H24ClN3O5S. The van der Waals surface area contributed by atoms with Crippen LogP contribution in [0, 0.1) is 0 Å². The number of aromatic nitrogens is 2. The molecule has 1 N–H and O–H groups in total. The third-order valence-corrected chi connectivity index (χ3v) is 6.22. The molecular weight excluding hydrogens is 454 g/mol. The van der Waals surface area contributed by atoms with E-state index in [9.17, 15) is 8.42 Å². The highest BCUT2D eigenvalue weighted by atomic mass is 35.5. The molecule has 0 amide bonds. The molecule has 0 spiro atoms. The molecule has 0 saturated heterocycles. The van der Waals surface area contributed by atoms with Gasteiger partial charge in [-0.05, 0) is 35.2 Å². The van der Waals surface area contributed by atoms with Crippen molar-refractivity contribution in [2.24, 2.45) is 0 Å². The van der Waals surface area contributed by atoms with Crippen molar-refractivity contribution in [3.8, 4) is 23.0 Å². The van der Waals surface area contributed by atoms with E-state index in [0.717, 1.165) is 11.9 Å². The molecule has 0 aliphatic carbocycles. The Hall–Kier alpha value is -3.04. The third kappa shape index (κ3) is 5.23. The lowest BCUT2D eigenvalue weighted by Crippen LogP contribution is -2.16. The van der Waals surface area contributed by atoms with Gasteiger partial charge in [0.1, 0.15) is 12.1 Å². The zero-order valence-corrected chi connectivity index (χ0v) is 19.9. The molecule has 0 aliphatic rings. The number of hydrogen-bond acceptors (Lipinski definition) is 7. The number of nitrogens with zero attached hydrogens (tertiary/aromatic N) is 2. The Balaban J connectivity index is 1.92. The predicted molar refractivity (Wildman–Crippen MR) is 123 cm³/mol. The summed E-state index contributed by atoms with van der Waals surface area (Å²) >= 11 is 6.19. The number of sulfonamides is 1. The average Bonchev–Trinajstić information content (AvgIpc) is 2.75. The summed E-state index contributed by atoms with van der Waals surface area (Å²) in [5.74, 6) is 1.12. The van der Waals surface area contributed by atoms with Crippen LogP contribution in [0.1, 0.15) is 26.3 Å². The van der Waals surface area contributed by atoms with E-state index in [1.54, 1.807) is 42.5 Å². The number of benzene rings is 2. The van der Waals surface area contributed by atoms with Crippen molar-refractivity contribution < 1.29 is 22.6 Å². The van der Waals surface area contributed by atoms with Gasteiger partial charge in [0.2, 0.25) is 5.75 Å². The highest BCUT2D eigenvalue weighted by Gasteiger charge is 2.22. The minimum atomic E-state index is -3.95. The van der Waals surface area contributed by atoms with Crippen LogP contribution < -0.4 is 18.9 Å². The van der Waals surface area contributed by atoms with Crippen LogP contribution in [0.2, 0.25) is 5.15 Å². The number of hydrogen-bond donors (Lipinski definition) is 1. The predicted octanol–water partition coefficient (Wildman–Crippen LogP) is 5.04. The zero-order valence-electron chi connectivity index (χ0n) is 18.3. The Labute approximate surface area is 192 Å². The highest BCUT2D eigenvalue weighted by Crippen LogP contribution is 2.38. The maximum atomic E-state index is 13.0. The van der Waals surface area contributed by atoms with Crippen LogP contribution in [0.3, 0.4) is 0 Å². The molecule has 0 saturated carbocycles. The van der Waals surface area contributed by atoms with E-state index < -0.39 is 10.0 Å². The van der Waals surface area contributed by atoms with Crippen LogP contribution in [-0.4, -0.2) is 32.6 Å². The van der Waals surface area contributed by atoms with Crippen LogP contribution in [0.15, 0.2) is 53.7 Å². The topological polar surface area (TPSA) is 99.6 Å². The van der Waals surface area contributed by atoms with Gasteiger partial charge in [0, 0.05) is 6.07 Å². The minimum absolute atomic E-state index is 0.0451. The Morgan fingerprint density at radius 1 is 0.938 bits per heavy atom. The van der Waals surface area contributed by atoms with Crippen LogP contribution in [-0.2, 0) is 15.4 Å². The molecule has 0 atom stereocenters. The number of halogens is 1. The minimum Gasteiger partial charge on any atom is -0.493 e. The van der Waals surface area contributed by atoms with Crippen LogP contribution >= 0.6 is 11.6 Å². The van der Waals surface area contributed by atoms with Crippen molar-refractivity contribution in [2.45, 2.75) is 31.1 Å². The summed E-state index contributed by atoms with van der Waals surface area (Å²) < 4.78 is 44.6. The first-order valence-corrected chi connectivity index (χ1v) is 11.4. The van der Waals surface area contributed by atoms with E-state index in [0.29, 0.717) is 17.2 Å². The Morgan fingerprint density at radius 3 is 2.19 bits per heavy atom. The van der Waals surface area contributed by atoms with Gasteiger partial charge in [0.05, 0.1) is 19.1 Å². The maximum absolute atomic E-state index is 13.0. The van der Waals surface area contributed by atoms with E-state index in [4.69, 9.17) is 25.8 Å². The van der Waals surface area contributed by atoms with E-state index in [-0.39, 0.29) is 27.0 Å². The van der Waals surface area contributed by atoms with Gasteiger partial charge < -0.3 is 14.2 Å². The number of ether oxygens (including phenoxy) is 3. The van der Waals surface area contributed by atoms with Gasteiger partial charge >= 0.3 is 0 Å². The smallest absolute Gasteiger partial charge is 0.263 e. The molecule has 0 radical (unpaired) electrons. The summed E-state index contributed by atoms with van der Waals surface area (Å²) in [6.07, 6.45) is 1.14. The van der Waals surface area contributed by atoms with Crippen molar-refractivity contribution >= 4 is 27.4 Å². The molecule has 3 rings (SSSR count). The van der Waals surface area contributed by atoms with E-state index in [1.807, 2.05) is 0 Å². The number of anilines is 1. The summed E-state index contributed by atoms with van der Waals surface area (Å²) in [5.41, 5.74) is 0.912. The lowest BCUT2D eigenvalue weighted by Gasteiger charge is -2.19. The van der Waals surface area contributed by atoms with Gasteiger partial charge in [-0.25, -0.2) is 18.4 Å². The van der Waals surface area contributed by atoms with E-state index >= 15 is 0 Å². The van der Waals surface area contributed by atoms with Crippen LogP contribution in [0.5, 0.6) is 23.0 Å². The summed E-state index contributed by atoms with van der Waals surface area (Å²) in [7, 11) is -0.948. The van der Waals surface area contributed by atoms with Crippen molar-refractivity contribution in [1.82, 2.24) is 9.97 Å². The molecule has 0 aliphatic heterocycles. The van der Waals surface area contributed by atoms with E-state index in [2.05, 4.69) is 35.5 Å². The molecule has 8 nitrogen and oxygen atoms in total. The first-order valence-electron chi connectivity index (χ1n) is 9.59. The molecule has 10 heteroatoms. The van der Waals surface area contributed by atoms with Gasteiger partial charge in [0.15, 0.2) is 22.5 Å². The Kier molecular flexibility index (Phi) is 6.80. The van der Waals surface area contributed by atoms with Gasteiger partial charge in [-0.1, -0.05) is 44.5 Å². The first kappa shape index (κ1) is 23.6. The zero-order chi connectivity index (χ0) is 23.5. The fourth-order valence-electron chi connectivity index (χ4n) is 2.83.